The van der Waals surface area contributed by atoms with Gasteiger partial charge in [0.15, 0.2) is 0 Å². The van der Waals surface area contributed by atoms with Crippen LogP contribution in [0.3, 0.4) is 0 Å². The number of unbranched alkanes of at least 4 members (excludes halogenated alkanes) is 14. The summed E-state index contributed by atoms with van der Waals surface area (Å²) >= 11 is 0. The average Bonchev–Trinajstić information content (AvgIpc) is 2.68. The van der Waals surface area contributed by atoms with Crippen LogP contribution in [0.5, 0.6) is 0 Å². The molecule has 0 saturated heterocycles. The van der Waals surface area contributed by atoms with E-state index >= 15 is 0 Å². The van der Waals surface area contributed by atoms with E-state index in [4.69, 9.17) is 0 Å². The lowest BCUT2D eigenvalue weighted by atomic mass is 10.0. The van der Waals surface area contributed by atoms with Crippen molar-refractivity contribution in [2.75, 3.05) is 11.9 Å². The second-order valence-corrected chi connectivity index (χ2v) is 7.62. The summed E-state index contributed by atoms with van der Waals surface area (Å²) in [4.78, 5) is 10.6. The number of benzene rings is 1. The molecule has 0 amide bonds. The molecule has 1 rings (SSSR count). The van der Waals surface area contributed by atoms with Crippen LogP contribution in [-0.4, -0.2) is 12.8 Å². The summed E-state index contributed by atoms with van der Waals surface area (Å²) in [6.45, 7) is 3.31. The van der Waals surface area contributed by atoms with Crippen molar-refractivity contribution >= 4 is 12.0 Å². The zero-order chi connectivity index (χ0) is 18.7. The zero-order valence-electron chi connectivity index (χ0n) is 17.1. The van der Waals surface area contributed by atoms with Crippen LogP contribution in [0.2, 0.25) is 0 Å². The first kappa shape index (κ1) is 22.7. The summed E-state index contributed by atoms with van der Waals surface area (Å²) in [6, 6.07) is 7.69. The molecule has 0 spiro atoms. The van der Waals surface area contributed by atoms with E-state index in [0.717, 1.165) is 24.1 Å². The molecule has 1 N–H and O–H groups in total. The van der Waals surface area contributed by atoms with Crippen LogP contribution < -0.4 is 5.32 Å². The minimum absolute atomic E-state index is 0.738. The first-order valence-electron chi connectivity index (χ1n) is 11.2. The van der Waals surface area contributed by atoms with E-state index in [1.54, 1.807) is 0 Å². The lowest BCUT2D eigenvalue weighted by Gasteiger charge is -2.06. The van der Waals surface area contributed by atoms with Gasteiger partial charge in [0.05, 0.1) is 0 Å². The fraction of sp³-hybridized carbons (Fsp3) is 0.708. The fourth-order valence-electron chi connectivity index (χ4n) is 3.41. The number of carbonyl (C=O) groups excluding carboxylic acids is 1. The van der Waals surface area contributed by atoms with Crippen molar-refractivity contribution in [3.8, 4) is 0 Å². The second-order valence-electron chi connectivity index (χ2n) is 7.62. The maximum Gasteiger partial charge on any atom is 0.150 e. The third-order valence-corrected chi connectivity index (χ3v) is 5.16. The SMILES string of the molecule is CCCCCCCCCCCCCCCCCNc1ccc(C=O)cc1. The van der Waals surface area contributed by atoms with Crippen LogP contribution in [0.25, 0.3) is 0 Å². The lowest BCUT2D eigenvalue weighted by Crippen LogP contribution is -2.01. The monoisotopic (exact) mass is 359 g/mol. The molecule has 0 aliphatic heterocycles. The van der Waals surface area contributed by atoms with Crippen LogP contribution >= 0.6 is 0 Å². The van der Waals surface area contributed by atoms with E-state index < -0.39 is 0 Å². The molecule has 0 radical (unpaired) electrons. The van der Waals surface area contributed by atoms with Gasteiger partial charge in [-0.25, -0.2) is 0 Å². The summed E-state index contributed by atoms with van der Waals surface area (Å²) in [7, 11) is 0. The Hall–Kier alpha value is -1.31. The smallest absolute Gasteiger partial charge is 0.150 e. The van der Waals surface area contributed by atoms with Crippen molar-refractivity contribution in [2.24, 2.45) is 0 Å². The molecule has 148 valence electrons. The summed E-state index contributed by atoms with van der Waals surface area (Å²) in [5.74, 6) is 0. The van der Waals surface area contributed by atoms with Crippen molar-refractivity contribution < 1.29 is 4.79 Å². The highest BCUT2D eigenvalue weighted by atomic mass is 16.1. The normalized spacial score (nSPS) is 10.8. The van der Waals surface area contributed by atoms with E-state index in [1.165, 1.54) is 96.3 Å². The van der Waals surface area contributed by atoms with Crippen LogP contribution in [-0.2, 0) is 0 Å². The molecule has 0 unspecified atom stereocenters. The van der Waals surface area contributed by atoms with Crippen LogP contribution in [0.15, 0.2) is 24.3 Å². The maximum atomic E-state index is 10.6. The minimum Gasteiger partial charge on any atom is -0.385 e. The van der Waals surface area contributed by atoms with E-state index in [0.29, 0.717) is 0 Å². The van der Waals surface area contributed by atoms with Gasteiger partial charge in [-0.2, -0.15) is 0 Å². The van der Waals surface area contributed by atoms with Crippen LogP contribution in [0.1, 0.15) is 114 Å². The molecular weight excluding hydrogens is 318 g/mol. The van der Waals surface area contributed by atoms with Gasteiger partial charge in [0, 0.05) is 17.8 Å². The molecule has 26 heavy (non-hydrogen) atoms. The molecule has 0 atom stereocenters. The zero-order valence-corrected chi connectivity index (χ0v) is 17.1. The van der Waals surface area contributed by atoms with Gasteiger partial charge in [-0.3, -0.25) is 4.79 Å². The van der Waals surface area contributed by atoms with Gasteiger partial charge in [0.1, 0.15) is 6.29 Å². The van der Waals surface area contributed by atoms with E-state index in [-0.39, 0.29) is 0 Å². The molecule has 0 aliphatic carbocycles. The Kier molecular flexibility index (Phi) is 15.0. The molecular formula is C24H41NO. The molecule has 0 fully saturated rings. The number of hydrogen-bond acceptors (Lipinski definition) is 2. The largest absolute Gasteiger partial charge is 0.385 e. The third-order valence-electron chi connectivity index (χ3n) is 5.16. The number of carbonyl (C=O) groups is 1. The predicted octanol–water partition coefficient (Wildman–Crippen LogP) is 7.78. The van der Waals surface area contributed by atoms with E-state index in [2.05, 4.69) is 12.2 Å². The first-order valence-corrected chi connectivity index (χ1v) is 11.2. The highest BCUT2D eigenvalue weighted by Crippen LogP contribution is 2.13. The Morgan fingerprint density at radius 2 is 1.08 bits per heavy atom. The van der Waals surface area contributed by atoms with Gasteiger partial charge in [-0.05, 0) is 30.7 Å². The van der Waals surface area contributed by atoms with Crippen molar-refractivity contribution in [1.29, 1.82) is 0 Å². The van der Waals surface area contributed by atoms with Gasteiger partial charge >= 0.3 is 0 Å². The summed E-state index contributed by atoms with van der Waals surface area (Å²) in [6.07, 6.45) is 21.9. The molecule has 0 saturated carbocycles. The molecule has 0 aromatic heterocycles. The fourth-order valence-corrected chi connectivity index (χ4v) is 3.41. The van der Waals surface area contributed by atoms with Gasteiger partial charge in [-0.15, -0.1) is 0 Å². The van der Waals surface area contributed by atoms with Crippen molar-refractivity contribution in [2.45, 2.75) is 103 Å². The number of anilines is 1. The minimum atomic E-state index is 0.738. The summed E-state index contributed by atoms with van der Waals surface area (Å²) in [5.41, 5.74) is 1.85. The first-order chi connectivity index (χ1) is 12.9. The van der Waals surface area contributed by atoms with Crippen molar-refractivity contribution in [1.82, 2.24) is 0 Å². The summed E-state index contributed by atoms with van der Waals surface area (Å²) < 4.78 is 0. The summed E-state index contributed by atoms with van der Waals surface area (Å²) in [5, 5.41) is 3.43. The average molecular weight is 360 g/mol. The van der Waals surface area contributed by atoms with E-state index in [1.807, 2.05) is 24.3 Å². The Labute approximate surface area is 162 Å². The Balaban J connectivity index is 1.77. The Morgan fingerprint density at radius 3 is 1.50 bits per heavy atom. The van der Waals surface area contributed by atoms with Gasteiger partial charge < -0.3 is 5.32 Å². The Bertz CT molecular complexity index is 426. The van der Waals surface area contributed by atoms with Crippen LogP contribution in [0, 0.1) is 0 Å². The quantitative estimate of drug-likeness (QED) is 0.214. The lowest BCUT2D eigenvalue weighted by molar-refractivity contribution is 0.112. The maximum absolute atomic E-state index is 10.6. The topological polar surface area (TPSA) is 29.1 Å². The predicted molar refractivity (Wildman–Crippen MR) is 115 cm³/mol. The third kappa shape index (κ3) is 13.0. The number of hydrogen-bond donors (Lipinski definition) is 1. The molecule has 1 aromatic rings. The van der Waals surface area contributed by atoms with Gasteiger partial charge in [0.25, 0.3) is 0 Å². The van der Waals surface area contributed by atoms with Crippen molar-refractivity contribution in [3.63, 3.8) is 0 Å². The van der Waals surface area contributed by atoms with Gasteiger partial charge in [-0.1, -0.05) is 96.8 Å². The van der Waals surface area contributed by atoms with Crippen molar-refractivity contribution in [3.05, 3.63) is 29.8 Å². The highest BCUT2D eigenvalue weighted by molar-refractivity contribution is 5.75. The standard InChI is InChI=1S/C24H41NO/c1-2-3-4-5-6-7-8-9-10-11-12-13-14-15-16-21-25-24-19-17-23(22-26)18-20-24/h17-20,22,25H,2-16,21H2,1H3. The molecule has 0 heterocycles. The molecule has 2 heteroatoms. The molecule has 2 nitrogen and oxygen atoms in total. The number of nitrogens with one attached hydrogen (secondary N) is 1. The van der Waals surface area contributed by atoms with E-state index in [9.17, 15) is 4.79 Å². The number of aldehydes is 1. The second kappa shape index (κ2) is 17.1. The molecule has 1 aromatic carbocycles. The Morgan fingerprint density at radius 1 is 0.654 bits per heavy atom. The molecule has 0 bridgehead atoms. The van der Waals surface area contributed by atoms with Crippen LogP contribution in [0.4, 0.5) is 5.69 Å². The van der Waals surface area contributed by atoms with Gasteiger partial charge in [0.2, 0.25) is 0 Å². The number of rotatable bonds is 18. The molecule has 0 aliphatic rings. The highest BCUT2D eigenvalue weighted by Gasteiger charge is 1.95.